The van der Waals surface area contributed by atoms with Gasteiger partial charge in [0.05, 0.1) is 0 Å². The second-order valence-electron chi connectivity index (χ2n) is 3.61. The van der Waals surface area contributed by atoms with E-state index in [0.29, 0.717) is 5.15 Å². The number of halogens is 1. The summed E-state index contributed by atoms with van der Waals surface area (Å²) in [4.78, 5) is 6.51. The SMILES string of the molecule is CN(CCNc1nc(Cl)cs1)C1CC1. The van der Waals surface area contributed by atoms with Gasteiger partial charge in [-0.1, -0.05) is 11.6 Å². The second kappa shape index (κ2) is 4.47. The molecule has 3 nitrogen and oxygen atoms in total. The third-order valence-electron chi connectivity index (χ3n) is 2.39. The standard InChI is InChI=1S/C9H14ClN3S/c1-13(7-2-3-7)5-4-11-9-12-8(10)6-14-9/h6-7H,2-5H2,1H3,(H,11,12). The fraction of sp³-hybridized carbons (Fsp3) is 0.667. The van der Waals surface area contributed by atoms with Crippen molar-refractivity contribution < 1.29 is 0 Å². The minimum atomic E-state index is 0.577. The molecule has 1 aromatic heterocycles. The Hall–Kier alpha value is -0.320. The van der Waals surface area contributed by atoms with Gasteiger partial charge in [-0.15, -0.1) is 11.3 Å². The maximum atomic E-state index is 5.71. The summed E-state index contributed by atoms with van der Waals surface area (Å²) >= 11 is 7.26. The predicted molar refractivity (Wildman–Crippen MR) is 61.3 cm³/mol. The first-order valence-corrected chi connectivity index (χ1v) is 6.06. The van der Waals surface area contributed by atoms with Crippen LogP contribution in [0.2, 0.25) is 5.15 Å². The zero-order valence-electron chi connectivity index (χ0n) is 8.16. The van der Waals surface area contributed by atoms with Crippen LogP contribution in [0, 0.1) is 0 Å². The summed E-state index contributed by atoms with van der Waals surface area (Å²) < 4.78 is 0. The summed E-state index contributed by atoms with van der Waals surface area (Å²) in [5.41, 5.74) is 0. The van der Waals surface area contributed by atoms with Crippen molar-refractivity contribution in [2.45, 2.75) is 18.9 Å². The molecule has 0 amide bonds. The first kappa shape index (κ1) is 10.2. The molecule has 0 aliphatic heterocycles. The summed E-state index contributed by atoms with van der Waals surface area (Å²) in [6.45, 7) is 2.01. The molecule has 5 heteroatoms. The molecule has 78 valence electrons. The first-order chi connectivity index (χ1) is 6.75. The van der Waals surface area contributed by atoms with Crippen LogP contribution in [0.3, 0.4) is 0 Å². The van der Waals surface area contributed by atoms with Gasteiger partial charge in [0.2, 0.25) is 0 Å². The molecular weight excluding hydrogens is 218 g/mol. The minimum Gasteiger partial charge on any atom is -0.360 e. The van der Waals surface area contributed by atoms with E-state index in [2.05, 4.69) is 22.2 Å². The number of aromatic nitrogens is 1. The van der Waals surface area contributed by atoms with Crippen LogP contribution in [0.15, 0.2) is 5.38 Å². The van der Waals surface area contributed by atoms with E-state index in [4.69, 9.17) is 11.6 Å². The van der Waals surface area contributed by atoms with Crippen molar-refractivity contribution in [2.75, 3.05) is 25.5 Å². The number of nitrogens with one attached hydrogen (secondary N) is 1. The van der Waals surface area contributed by atoms with Crippen LogP contribution in [-0.2, 0) is 0 Å². The average Bonchev–Trinajstić information content (AvgIpc) is 2.92. The van der Waals surface area contributed by atoms with Gasteiger partial charge in [-0.25, -0.2) is 4.98 Å². The highest BCUT2D eigenvalue weighted by atomic mass is 35.5. The highest BCUT2D eigenvalue weighted by Crippen LogP contribution is 2.25. The third-order valence-corrected chi connectivity index (χ3v) is 3.51. The maximum absolute atomic E-state index is 5.71. The number of hydrogen-bond donors (Lipinski definition) is 1. The van der Waals surface area contributed by atoms with Gasteiger partial charge < -0.3 is 10.2 Å². The lowest BCUT2D eigenvalue weighted by molar-refractivity contribution is 0.337. The van der Waals surface area contributed by atoms with Crippen LogP contribution >= 0.6 is 22.9 Å². The quantitative estimate of drug-likeness (QED) is 0.843. The molecule has 1 fully saturated rings. The summed E-state index contributed by atoms with van der Waals surface area (Å²) in [6.07, 6.45) is 2.72. The van der Waals surface area contributed by atoms with Gasteiger partial charge in [0.25, 0.3) is 0 Å². The lowest BCUT2D eigenvalue weighted by Gasteiger charge is -2.15. The Balaban J connectivity index is 1.67. The molecule has 1 saturated carbocycles. The molecule has 0 atom stereocenters. The molecule has 0 bridgehead atoms. The highest BCUT2D eigenvalue weighted by molar-refractivity contribution is 7.14. The summed E-state index contributed by atoms with van der Waals surface area (Å²) in [6, 6.07) is 0.830. The summed E-state index contributed by atoms with van der Waals surface area (Å²) in [5.74, 6) is 0. The van der Waals surface area contributed by atoms with Crippen LogP contribution in [0.25, 0.3) is 0 Å². The van der Waals surface area contributed by atoms with Crippen LogP contribution in [0.4, 0.5) is 5.13 Å². The van der Waals surface area contributed by atoms with Crippen molar-refractivity contribution in [3.05, 3.63) is 10.5 Å². The molecule has 1 N–H and O–H groups in total. The molecule has 2 rings (SSSR count). The zero-order valence-corrected chi connectivity index (χ0v) is 9.74. The van der Waals surface area contributed by atoms with Crippen molar-refractivity contribution in [2.24, 2.45) is 0 Å². The van der Waals surface area contributed by atoms with Gasteiger partial charge in [0.1, 0.15) is 5.15 Å². The predicted octanol–water partition coefficient (Wildman–Crippen LogP) is 2.30. The molecule has 0 spiro atoms. The van der Waals surface area contributed by atoms with Gasteiger partial charge in [0.15, 0.2) is 5.13 Å². The smallest absolute Gasteiger partial charge is 0.184 e. The van der Waals surface area contributed by atoms with Crippen LogP contribution in [0.5, 0.6) is 0 Å². The largest absolute Gasteiger partial charge is 0.360 e. The van der Waals surface area contributed by atoms with E-state index in [9.17, 15) is 0 Å². The molecule has 1 aliphatic carbocycles. The van der Waals surface area contributed by atoms with Gasteiger partial charge in [-0.05, 0) is 19.9 Å². The molecule has 0 unspecified atom stereocenters. The van der Waals surface area contributed by atoms with E-state index in [-0.39, 0.29) is 0 Å². The molecule has 0 aromatic carbocycles. The van der Waals surface area contributed by atoms with E-state index < -0.39 is 0 Å². The van der Waals surface area contributed by atoms with Crippen LogP contribution < -0.4 is 5.32 Å². The Bertz CT molecular complexity index is 298. The highest BCUT2D eigenvalue weighted by Gasteiger charge is 2.25. The number of rotatable bonds is 5. The van der Waals surface area contributed by atoms with Crippen LogP contribution in [-0.4, -0.2) is 36.1 Å². The Morgan fingerprint density at radius 3 is 3.07 bits per heavy atom. The van der Waals surface area contributed by atoms with Crippen molar-refractivity contribution in [3.8, 4) is 0 Å². The van der Waals surface area contributed by atoms with E-state index in [1.54, 1.807) is 11.3 Å². The second-order valence-corrected chi connectivity index (χ2v) is 4.86. The lowest BCUT2D eigenvalue weighted by Crippen LogP contribution is -2.26. The Morgan fingerprint density at radius 1 is 1.71 bits per heavy atom. The molecule has 1 heterocycles. The maximum Gasteiger partial charge on any atom is 0.184 e. The molecule has 1 aliphatic rings. The number of nitrogens with zero attached hydrogens (tertiary/aromatic N) is 2. The average molecular weight is 232 g/mol. The van der Waals surface area contributed by atoms with Crippen LogP contribution in [0.1, 0.15) is 12.8 Å². The first-order valence-electron chi connectivity index (χ1n) is 4.81. The Morgan fingerprint density at radius 2 is 2.50 bits per heavy atom. The molecule has 0 radical (unpaired) electrons. The summed E-state index contributed by atoms with van der Waals surface area (Å²) in [5, 5.41) is 6.59. The fourth-order valence-corrected chi connectivity index (χ4v) is 2.24. The zero-order chi connectivity index (χ0) is 9.97. The topological polar surface area (TPSA) is 28.2 Å². The molecule has 14 heavy (non-hydrogen) atoms. The Labute approximate surface area is 93.1 Å². The number of thiazole rings is 1. The molecular formula is C9H14ClN3S. The van der Waals surface area contributed by atoms with Gasteiger partial charge in [-0.3, -0.25) is 0 Å². The lowest BCUT2D eigenvalue weighted by atomic mass is 10.5. The number of anilines is 1. The molecule has 0 saturated heterocycles. The van der Waals surface area contributed by atoms with Crippen molar-refractivity contribution in [1.82, 2.24) is 9.88 Å². The monoisotopic (exact) mass is 231 g/mol. The van der Waals surface area contributed by atoms with Crippen molar-refractivity contribution >= 4 is 28.1 Å². The fourth-order valence-electron chi connectivity index (χ4n) is 1.37. The van der Waals surface area contributed by atoms with E-state index in [1.807, 2.05) is 5.38 Å². The van der Waals surface area contributed by atoms with E-state index in [1.165, 1.54) is 12.8 Å². The number of likely N-dealkylation sites (N-methyl/N-ethyl adjacent to an activating group) is 1. The minimum absolute atomic E-state index is 0.577. The van der Waals surface area contributed by atoms with Gasteiger partial charge in [0, 0.05) is 24.5 Å². The van der Waals surface area contributed by atoms with E-state index >= 15 is 0 Å². The van der Waals surface area contributed by atoms with Gasteiger partial charge >= 0.3 is 0 Å². The van der Waals surface area contributed by atoms with Crippen molar-refractivity contribution in [3.63, 3.8) is 0 Å². The summed E-state index contributed by atoms with van der Waals surface area (Å²) in [7, 11) is 2.17. The Kier molecular flexibility index (Phi) is 3.26. The van der Waals surface area contributed by atoms with E-state index in [0.717, 1.165) is 24.3 Å². The normalized spacial score (nSPS) is 16.2. The van der Waals surface area contributed by atoms with Gasteiger partial charge in [-0.2, -0.15) is 0 Å². The molecule has 1 aromatic rings. The number of hydrogen-bond acceptors (Lipinski definition) is 4. The third kappa shape index (κ3) is 2.83. The van der Waals surface area contributed by atoms with Crippen molar-refractivity contribution in [1.29, 1.82) is 0 Å².